The van der Waals surface area contributed by atoms with Crippen LogP contribution < -0.4 is 5.32 Å². The van der Waals surface area contributed by atoms with Crippen molar-refractivity contribution in [3.63, 3.8) is 0 Å². The molecule has 1 atom stereocenters. The lowest BCUT2D eigenvalue weighted by Crippen LogP contribution is -2.35. The topological polar surface area (TPSA) is 21.3 Å². The highest BCUT2D eigenvalue weighted by atomic mass is 16.5. The molecular formula is C15H31NO. The standard InChI is InChI=1S/C15H31NO/c1-5-11-16-12-13(6-2)17-14-7-9-15(3,4)10-8-14/h13-14,16H,5-12H2,1-4H3. The Morgan fingerprint density at radius 2 is 1.88 bits per heavy atom. The van der Waals surface area contributed by atoms with Crippen LogP contribution in [0.15, 0.2) is 0 Å². The molecule has 0 heterocycles. The lowest BCUT2D eigenvalue weighted by atomic mass is 9.76. The van der Waals surface area contributed by atoms with Crippen LogP contribution in [0.3, 0.4) is 0 Å². The molecule has 1 fully saturated rings. The Labute approximate surface area is 108 Å². The average molecular weight is 241 g/mol. The maximum atomic E-state index is 6.22. The van der Waals surface area contributed by atoms with Crippen LogP contribution in [0.5, 0.6) is 0 Å². The smallest absolute Gasteiger partial charge is 0.0700 e. The van der Waals surface area contributed by atoms with E-state index in [4.69, 9.17) is 4.74 Å². The Bertz CT molecular complexity index is 193. The summed E-state index contributed by atoms with van der Waals surface area (Å²) in [6.45, 7) is 11.3. The second-order valence-corrected chi connectivity index (χ2v) is 6.23. The number of nitrogens with one attached hydrogen (secondary N) is 1. The summed E-state index contributed by atoms with van der Waals surface area (Å²) in [5, 5.41) is 3.47. The Morgan fingerprint density at radius 1 is 1.24 bits per heavy atom. The van der Waals surface area contributed by atoms with Gasteiger partial charge >= 0.3 is 0 Å². The second kappa shape index (κ2) is 7.38. The van der Waals surface area contributed by atoms with Crippen LogP contribution in [0.4, 0.5) is 0 Å². The van der Waals surface area contributed by atoms with Crippen molar-refractivity contribution in [3.8, 4) is 0 Å². The van der Waals surface area contributed by atoms with Crippen molar-refractivity contribution in [1.29, 1.82) is 0 Å². The SMILES string of the molecule is CCCNCC(CC)OC1CCC(C)(C)CC1. The molecule has 1 rings (SSSR count). The Balaban J connectivity index is 2.22. The summed E-state index contributed by atoms with van der Waals surface area (Å²) in [7, 11) is 0. The van der Waals surface area contributed by atoms with Gasteiger partial charge in [-0.05, 0) is 50.5 Å². The van der Waals surface area contributed by atoms with E-state index in [2.05, 4.69) is 33.0 Å². The van der Waals surface area contributed by atoms with Crippen molar-refractivity contribution in [3.05, 3.63) is 0 Å². The zero-order valence-corrected chi connectivity index (χ0v) is 12.2. The van der Waals surface area contributed by atoms with Crippen LogP contribution in [0.25, 0.3) is 0 Å². The Hall–Kier alpha value is -0.0800. The van der Waals surface area contributed by atoms with E-state index >= 15 is 0 Å². The molecule has 1 N–H and O–H groups in total. The summed E-state index contributed by atoms with van der Waals surface area (Å²) in [5.74, 6) is 0. The van der Waals surface area contributed by atoms with E-state index in [-0.39, 0.29) is 0 Å². The fraction of sp³-hybridized carbons (Fsp3) is 1.00. The van der Waals surface area contributed by atoms with Gasteiger partial charge in [-0.3, -0.25) is 0 Å². The molecule has 1 aliphatic rings. The molecule has 0 bridgehead atoms. The third-order valence-electron chi connectivity index (χ3n) is 3.93. The van der Waals surface area contributed by atoms with Gasteiger partial charge in [0.2, 0.25) is 0 Å². The largest absolute Gasteiger partial charge is 0.374 e. The van der Waals surface area contributed by atoms with E-state index < -0.39 is 0 Å². The maximum Gasteiger partial charge on any atom is 0.0700 e. The monoisotopic (exact) mass is 241 g/mol. The van der Waals surface area contributed by atoms with Gasteiger partial charge in [0.1, 0.15) is 0 Å². The van der Waals surface area contributed by atoms with Gasteiger partial charge in [-0.25, -0.2) is 0 Å². The van der Waals surface area contributed by atoms with Crippen LogP contribution in [0.1, 0.15) is 66.2 Å². The van der Waals surface area contributed by atoms with Crippen LogP contribution in [0, 0.1) is 5.41 Å². The molecule has 0 spiro atoms. The Morgan fingerprint density at radius 3 is 2.41 bits per heavy atom. The van der Waals surface area contributed by atoms with Crippen molar-refractivity contribution in [1.82, 2.24) is 5.32 Å². The van der Waals surface area contributed by atoms with Crippen molar-refractivity contribution in [2.45, 2.75) is 78.4 Å². The van der Waals surface area contributed by atoms with Crippen LogP contribution in [0.2, 0.25) is 0 Å². The van der Waals surface area contributed by atoms with Crippen LogP contribution >= 0.6 is 0 Å². The van der Waals surface area contributed by atoms with E-state index in [1.807, 2.05) is 0 Å². The van der Waals surface area contributed by atoms with E-state index in [0.717, 1.165) is 19.5 Å². The molecule has 2 heteroatoms. The minimum atomic E-state index is 0.410. The molecule has 2 nitrogen and oxygen atoms in total. The lowest BCUT2D eigenvalue weighted by Gasteiger charge is -2.35. The highest BCUT2D eigenvalue weighted by molar-refractivity contribution is 4.79. The lowest BCUT2D eigenvalue weighted by molar-refractivity contribution is -0.0453. The second-order valence-electron chi connectivity index (χ2n) is 6.23. The Kier molecular flexibility index (Phi) is 6.50. The first kappa shape index (κ1) is 15.0. The van der Waals surface area contributed by atoms with Gasteiger partial charge in [-0.1, -0.05) is 27.7 Å². The molecule has 0 radical (unpaired) electrons. The third kappa shape index (κ3) is 5.87. The highest BCUT2D eigenvalue weighted by Crippen LogP contribution is 2.36. The van der Waals surface area contributed by atoms with E-state index in [1.54, 1.807) is 0 Å². The first-order valence-electron chi connectivity index (χ1n) is 7.43. The number of rotatable bonds is 7. The van der Waals surface area contributed by atoms with Crippen molar-refractivity contribution in [2.75, 3.05) is 13.1 Å². The molecule has 0 aromatic heterocycles. The molecule has 0 amide bonds. The summed E-state index contributed by atoms with van der Waals surface area (Å²) in [5.41, 5.74) is 0.544. The van der Waals surface area contributed by atoms with Gasteiger partial charge in [0.05, 0.1) is 12.2 Å². The van der Waals surface area contributed by atoms with Gasteiger partial charge in [0, 0.05) is 6.54 Å². The molecule has 1 aliphatic carbocycles. The summed E-state index contributed by atoms with van der Waals surface area (Å²) in [4.78, 5) is 0. The molecule has 1 unspecified atom stereocenters. The van der Waals surface area contributed by atoms with Crippen molar-refractivity contribution >= 4 is 0 Å². The number of hydrogen-bond acceptors (Lipinski definition) is 2. The first-order chi connectivity index (χ1) is 8.07. The molecule has 17 heavy (non-hydrogen) atoms. The fourth-order valence-electron chi connectivity index (χ4n) is 2.51. The predicted octanol–water partition coefficient (Wildman–Crippen LogP) is 3.75. The highest BCUT2D eigenvalue weighted by Gasteiger charge is 2.28. The minimum absolute atomic E-state index is 0.410. The fourth-order valence-corrected chi connectivity index (χ4v) is 2.51. The van der Waals surface area contributed by atoms with Gasteiger partial charge in [-0.15, -0.1) is 0 Å². The third-order valence-corrected chi connectivity index (χ3v) is 3.93. The zero-order chi connectivity index (χ0) is 12.7. The van der Waals surface area contributed by atoms with Gasteiger partial charge in [0.15, 0.2) is 0 Å². The van der Waals surface area contributed by atoms with E-state index in [0.29, 0.717) is 17.6 Å². The number of ether oxygens (including phenoxy) is 1. The van der Waals surface area contributed by atoms with Gasteiger partial charge < -0.3 is 10.1 Å². The van der Waals surface area contributed by atoms with Gasteiger partial charge in [0.25, 0.3) is 0 Å². The maximum absolute atomic E-state index is 6.22. The van der Waals surface area contributed by atoms with Crippen LogP contribution in [-0.4, -0.2) is 25.3 Å². The summed E-state index contributed by atoms with van der Waals surface area (Å²) >= 11 is 0. The predicted molar refractivity (Wildman–Crippen MR) is 74.4 cm³/mol. The first-order valence-corrected chi connectivity index (χ1v) is 7.43. The number of hydrogen-bond donors (Lipinski definition) is 1. The molecule has 102 valence electrons. The quantitative estimate of drug-likeness (QED) is 0.685. The molecule has 0 aliphatic heterocycles. The molecule has 0 saturated heterocycles. The molecule has 1 saturated carbocycles. The zero-order valence-electron chi connectivity index (χ0n) is 12.2. The van der Waals surface area contributed by atoms with Crippen molar-refractivity contribution in [2.24, 2.45) is 5.41 Å². The summed E-state index contributed by atoms with van der Waals surface area (Å²) in [6.07, 6.45) is 8.37. The molecular weight excluding hydrogens is 210 g/mol. The molecule has 0 aromatic rings. The van der Waals surface area contributed by atoms with Crippen LogP contribution in [-0.2, 0) is 4.74 Å². The van der Waals surface area contributed by atoms with Gasteiger partial charge in [-0.2, -0.15) is 0 Å². The van der Waals surface area contributed by atoms with Crippen molar-refractivity contribution < 1.29 is 4.74 Å². The summed E-state index contributed by atoms with van der Waals surface area (Å²) < 4.78 is 6.22. The minimum Gasteiger partial charge on any atom is -0.374 e. The normalized spacial score (nSPS) is 22.6. The van der Waals surface area contributed by atoms with E-state index in [9.17, 15) is 0 Å². The average Bonchev–Trinajstić information content (AvgIpc) is 2.30. The molecule has 0 aromatic carbocycles. The summed E-state index contributed by atoms with van der Waals surface area (Å²) in [6, 6.07) is 0. The van der Waals surface area contributed by atoms with E-state index in [1.165, 1.54) is 32.1 Å².